The van der Waals surface area contributed by atoms with E-state index in [1.807, 2.05) is 0 Å². The number of hydrogen-bond acceptors (Lipinski definition) is 0. The van der Waals surface area contributed by atoms with E-state index in [4.69, 9.17) is 0 Å². The van der Waals surface area contributed by atoms with Crippen molar-refractivity contribution in [2.45, 2.75) is 60.8 Å². The molecule has 0 saturated carbocycles. The van der Waals surface area contributed by atoms with Crippen molar-refractivity contribution in [1.82, 2.24) is 0 Å². The molecule has 0 aromatic carbocycles. The van der Waals surface area contributed by atoms with Crippen LogP contribution >= 0.6 is 0 Å². The minimum atomic E-state index is 0.747. The Hall–Kier alpha value is -0.260. The third kappa shape index (κ3) is 8.72. The van der Waals surface area contributed by atoms with Gasteiger partial charge in [-0.1, -0.05) is 46.8 Å². The highest BCUT2D eigenvalue weighted by atomic mass is 14.2. The smallest absolute Gasteiger partial charge is 0.0260 e. The predicted molar refractivity (Wildman–Crippen MR) is 71.0 cm³/mol. The lowest BCUT2D eigenvalue weighted by Gasteiger charge is -2.20. The van der Waals surface area contributed by atoms with E-state index in [0.717, 1.165) is 23.7 Å². The fourth-order valence-corrected chi connectivity index (χ4v) is 2.73. The summed E-state index contributed by atoms with van der Waals surface area (Å²) in [6.07, 6.45) is 8.60. The maximum absolute atomic E-state index is 2.40. The van der Waals surface area contributed by atoms with Gasteiger partial charge in [0.1, 0.15) is 0 Å². The second-order valence-electron chi connectivity index (χ2n) is 5.81. The molecule has 0 rings (SSSR count). The molecule has 3 atom stereocenters. The van der Waals surface area contributed by atoms with Crippen molar-refractivity contribution in [2.24, 2.45) is 23.7 Å². The highest BCUT2D eigenvalue weighted by Gasteiger charge is 2.12. The van der Waals surface area contributed by atoms with Gasteiger partial charge in [-0.3, -0.25) is 0 Å². The zero-order valence-corrected chi connectivity index (χ0v) is 11.6. The van der Waals surface area contributed by atoms with Crippen molar-refractivity contribution in [3.05, 3.63) is 12.2 Å². The second-order valence-corrected chi connectivity index (χ2v) is 5.81. The van der Waals surface area contributed by atoms with Crippen LogP contribution in [-0.2, 0) is 0 Å². The van der Waals surface area contributed by atoms with Crippen molar-refractivity contribution < 1.29 is 0 Å². The first kappa shape index (κ1) is 14.7. The Kier molecular flexibility index (Phi) is 7.82. The second kappa shape index (κ2) is 7.96. The molecule has 3 unspecified atom stereocenters. The minimum Gasteiger partial charge on any atom is -0.0914 e. The molecule has 0 heteroatoms. The summed E-state index contributed by atoms with van der Waals surface area (Å²) in [5.74, 6) is 3.35. The molecule has 0 amide bonds. The van der Waals surface area contributed by atoms with Crippen LogP contribution in [0.1, 0.15) is 60.8 Å². The first-order chi connectivity index (χ1) is 6.95. The lowest BCUT2D eigenvalue weighted by atomic mass is 9.86. The summed E-state index contributed by atoms with van der Waals surface area (Å²) in [7, 11) is 0. The molecule has 0 aliphatic rings. The van der Waals surface area contributed by atoms with Gasteiger partial charge < -0.3 is 0 Å². The van der Waals surface area contributed by atoms with Crippen LogP contribution in [0.4, 0.5) is 0 Å². The molecule has 0 fully saturated rings. The Morgan fingerprint density at radius 3 is 1.80 bits per heavy atom. The molecule has 0 nitrogen and oxygen atoms in total. The molecule has 0 aromatic heterocycles. The van der Waals surface area contributed by atoms with E-state index in [1.54, 1.807) is 0 Å². The fraction of sp³-hybridized carbons (Fsp3) is 0.867. The highest BCUT2D eigenvalue weighted by molar-refractivity contribution is 4.83. The van der Waals surface area contributed by atoms with Crippen molar-refractivity contribution >= 4 is 0 Å². The van der Waals surface area contributed by atoms with Gasteiger partial charge in [0, 0.05) is 0 Å². The Morgan fingerprint density at radius 2 is 1.33 bits per heavy atom. The molecule has 0 aliphatic heterocycles. The van der Waals surface area contributed by atoms with E-state index >= 15 is 0 Å². The van der Waals surface area contributed by atoms with Crippen molar-refractivity contribution in [1.29, 1.82) is 0 Å². The summed E-state index contributed by atoms with van der Waals surface area (Å²) >= 11 is 0. The van der Waals surface area contributed by atoms with Crippen LogP contribution in [0, 0.1) is 23.7 Å². The van der Waals surface area contributed by atoms with E-state index in [-0.39, 0.29) is 0 Å². The van der Waals surface area contributed by atoms with Crippen LogP contribution in [0.3, 0.4) is 0 Å². The van der Waals surface area contributed by atoms with Crippen LogP contribution in [0.5, 0.6) is 0 Å². The Morgan fingerprint density at radius 1 is 0.800 bits per heavy atom. The van der Waals surface area contributed by atoms with Crippen LogP contribution in [0.2, 0.25) is 0 Å². The number of rotatable bonds is 7. The van der Waals surface area contributed by atoms with Gasteiger partial charge in [-0.2, -0.15) is 0 Å². The summed E-state index contributed by atoms with van der Waals surface area (Å²) in [5.41, 5.74) is 0. The molecular formula is C15H30. The van der Waals surface area contributed by atoms with Crippen molar-refractivity contribution in [2.75, 3.05) is 0 Å². The highest BCUT2D eigenvalue weighted by Crippen LogP contribution is 2.24. The number of allylic oxidation sites excluding steroid dienone is 2. The maximum Gasteiger partial charge on any atom is -0.0260 e. The SMILES string of the molecule is C/C=C/C(C)CC(C)CC(C)CC(C)C. The number of hydrogen-bond donors (Lipinski definition) is 0. The summed E-state index contributed by atoms with van der Waals surface area (Å²) in [6, 6.07) is 0. The van der Waals surface area contributed by atoms with Gasteiger partial charge >= 0.3 is 0 Å². The molecule has 0 aliphatic carbocycles. The summed E-state index contributed by atoms with van der Waals surface area (Å²) < 4.78 is 0. The Labute approximate surface area is 97.2 Å². The summed E-state index contributed by atoms with van der Waals surface area (Å²) in [6.45, 7) is 13.9. The van der Waals surface area contributed by atoms with Gasteiger partial charge in [-0.05, 0) is 49.9 Å². The summed E-state index contributed by atoms with van der Waals surface area (Å²) in [5, 5.41) is 0. The molecule has 0 saturated heterocycles. The molecule has 0 spiro atoms. The first-order valence-electron chi connectivity index (χ1n) is 6.58. The van der Waals surface area contributed by atoms with Gasteiger partial charge in [0.15, 0.2) is 0 Å². The van der Waals surface area contributed by atoms with Crippen molar-refractivity contribution in [3.8, 4) is 0 Å². The lowest BCUT2D eigenvalue weighted by Crippen LogP contribution is -2.08. The third-order valence-corrected chi connectivity index (χ3v) is 2.97. The normalized spacial score (nSPS) is 18.3. The zero-order chi connectivity index (χ0) is 11.8. The quantitative estimate of drug-likeness (QED) is 0.500. The molecule has 0 aromatic rings. The van der Waals surface area contributed by atoms with E-state index in [1.165, 1.54) is 19.3 Å². The molecule has 0 N–H and O–H groups in total. The third-order valence-electron chi connectivity index (χ3n) is 2.97. The molecule has 90 valence electrons. The van der Waals surface area contributed by atoms with Crippen LogP contribution in [-0.4, -0.2) is 0 Å². The predicted octanol–water partition coefficient (Wildman–Crippen LogP) is 5.30. The molecule has 0 heterocycles. The summed E-state index contributed by atoms with van der Waals surface area (Å²) in [4.78, 5) is 0. The Balaban J connectivity index is 3.77. The standard InChI is InChI=1S/C15H30/c1-7-8-13(4)10-15(6)11-14(5)9-12(2)3/h7-8,12-15H,9-11H2,1-6H3/b8-7+. The fourth-order valence-electron chi connectivity index (χ4n) is 2.73. The van der Waals surface area contributed by atoms with E-state index in [0.29, 0.717) is 0 Å². The van der Waals surface area contributed by atoms with Gasteiger partial charge in [-0.15, -0.1) is 0 Å². The van der Waals surface area contributed by atoms with Crippen molar-refractivity contribution in [3.63, 3.8) is 0 Å². The largest absolute Gasteiger partial charge is 0.0914 e. The monoisotopic (exact) mass is 210 g/mol. The first-order valence-corrected chi connectivity index (χ1v) is 6.58. The lowest BCUT2D eigenvalue weighted by molar-refractivity contribution is 0.328. The topological polar surface area (TPSA) is 0 Å². The minimum absolute atomic E-state index is 0.747. The maximum atomic E-state index is 2.40. The molecule has 0 bridgehead atoms. The van der Waals surface area contributed by atoms with Gasteiger partial charge in [-0.25, -0.2) is 0 Å². The van der Waals surface area contributed by atoms with E-state index in [2.05, 4.69) is 53.7 Å². The van der Waals surface area contributed by atoms with Crippen LogP contribution in [0.15, 0.2) is 12.2 Å². The average molecular weight is 210 g/mol. The van der Waals surface area contributed by atoms with E-state index < -0.39 is 0 Å². The Bertz CT molecular complexity index is 167. The van der Waals surface area contributed by atoms with Gasteiger partial charge in [0.2, 0.25) is 0 Å². The van der Waals surface area contributed by atoms with Crippen LogP contribution < -0.4 is 0 Å². The molecule has 0 radical (unpaired) electrons. The average Bonchev–Trinajstić information content (AvgIpc) is 2.00. The molecular weight excluding hydrogens is 180 g/mol. The van der Waals surface area contributed by atoms with E-state index in [9.17, 15) is 0 Å². The van der Waals surface area contributed by atoms with Crippen LogP contribution in [0.25, 0.3) is 0 Å². The van der Waals surface area contributed by atoms with Gasteiger partial charge in [0.05, 0.1) is 0 Å². The van der Waals surface area contributed by atoms with Gasteiger partial charge in [0.25, 0.3) is 0 Å². The molecule has 15 heavy (non-hydrogen) atoms. The zero-order valence-electron chi connectivity index (χ0n) is 11.6.